The average Bonchev–Trinajstić information content (AvgIpc) is 1.48. The molecule has 0 radical (unpaired) electrons. The first-order valence-corrected chi connectivity index (χ1v) is 27.3. The number of aliphatic hydroxyl groups is 1. The van der Waals surface area contributed by atoms with Crippen molar-refractivity contribution in [2.24, 2.45) is 0 Å². The van der Waals surface area contributed by atoms with E-state index in [1.807, 2.05) is 0 Å². The van der Waals surface area contributed by atoms with Crippen molar-refractivity contribution in [3.63, 3.8) is 0 Å². The molecule has 5 heterocycles. The number of aromatic nitrogens is 2. The smallest absolute Gasteiger partial charge is 0.343 e. The number of carbonyl (C=O) groups is 10. The zero-order valence-corrected chi connectivity index (χ0v) is 46.1. The van der Waals surface area contributed by atoms with Crippen LogP contribution in [0.4, 0.5) is 10.1 Å². The number of halogens is 1. The monoisotopic (exact) mass is 1170 g/mol. The van der Waals surface area contributed by atoms with Gasteiger partial charge < -0.3 is 51.2 Å². The molecule has 2 unspecified atom stereocenters. The van der Waals surface area contributed by atoms with Crippen LogP contribution in [0.15, 0.2) is 114 Å². The third-order valence-electron chi connectivity index (χ3n) is 15.8. The molecule has 2 aromatic heterocycles. The van der Waals surface area contributed by atoms with Gasteiger partial charge in [0.1, 0.15) is 38.4 Å². The maximum atomic E-state index is 15.1. The van der Waals surface area contributed by atoms with E-state index in [9.17, 15) is 57.8 Å². The number of rotatable bonds is 21. The summed E-state index contributed by atoms with van der Waals surface area (Å²) in [6.07, 6.45) is 2.33. The van der Waals surface area contributed by atoms with Crippen LogP contribution in [0.3, 0.4) is 0 Å². The fourth-order valence-corrected chi connectivity index (χ4v) is 11.5. The maximum Gasteiger partial charge on any atom is 0.343 e. The van der Waals surface area contributed by atoms with E-state index in [2.05, 4.69) is 31.9 Å². The van der Waals surface area contributed by atoms with Crippen LogP contribution in [0.5, 0.6) is 0 Å². The molecule has 3 aliphatic heterocycles. The van der Waals surface area contributed by atoms with Crippen molar-refractivity contribution >= 4 is 75.8 Å². The number of esters is 2. The van der Waals surface area contributed by atoms with Crippen LogP contribution in [0, 0.1) is 12.7 Å². The Hall–Kier alpha value is -10.3. The van der Waals surface area contributed by atoms with Gasteiger partial charge in [-0.15, -0.1) is 0 Å². The number of hydrogen-bond donors (Lipinski definition) is 7. The van der Waals surface area contributed by atoms with Gasteiger partial charge in [-0.3, -0.25) is 47.7 Å². The second kappa shape index (κ2) is 23.1. The van der Waals surface area contributed by atoms with Gasteiger partial charge in [0.15, 0.2) is 5.60 Å². The molecule has 0 spiro atoms. The van der Waals surface area contributed by atoms with Crippen LogP contribution in [0.2, 0.25) is 0 Å². The lowest BCUT2D eigenvalue weighted by Gasteiger charge is -2.33. The molecule has 6 aromatic rings. The molecular weight excluding hydrogens is 1120 g/mol. The molecule has 5 atom stereocenters. The average molecular weight is 1170 g/mol. The third-order valence-corrected chi connectivity index (χ3v) is 15.8. The van der Waals surface area contributed by atoms with Gasteiger partial charge in [0, 0.05) is 52.6 Å². The lowest BCUT2D eigenvalue weighted by Crippen LogP contribution is -2.52. The van der Waals surface area contributed by atoms with Gasteiger partial charge in [0.25, 0.3) is 23.3 Å². The zero-order chi connectivity index (χ0) is 60.8. The summed E-state index contributed by atoms with van der Waals surface area (Å²) in [5.74, 6) is -8.62. The summed E-state index contributed by atoms with van der Waals surface area (Å²) >= 11 is 0. The maximum absolute atomic E-state index is 15.1. The molecule has 0 bridgehead atoms. The summed E-state index contributed by atoms with van der Waals surface area (Å²) in [6.45, 7) is -0.222. The second-order valence-electron chi connectivity index (χ2n) is 21.3. The van der Waals surface area contributed by atoms with Crippen LogP contribution in [0.25, 0.3) is 22.3 Å². The first-order chi connectivity index (χ1) is 41.3. The number of amides is 8. The Bertz CT molecular complexity index is 3990. The van der Waals surface area contributed by atoms with E-state index in [0.29, 0.717) is 51.0 Å². The standard InChI is InChI=1S/C61H54FN9O15/c1-3-61(83)39-21-44-53-52-51(37-16-31(2)41(62)22-42(37)68-53)40-23-60(40,54(52)71(44)57(80)38(39)28-86-59(61)82)69-48(75)29-84-30-66-46(73)25-65-56(79)43(17-32-10-6-4-7-11-32)67-47(74)26-63-45(72)24-64-55(78)34-18-35(58(81)85-27-33-12-8-5-9-13-33)20-36(19-34)70-49(76)14-15-50(70)77/h4-16,18-22,40,43,54,83H,3,17,23-30H2,1-2H3,(H,63,72)(H,64,78)(H,65,79)(H,66,73)(H,67,74)(H,69,75)/t40?,43-,54?,60-,61-/m0/s1. The molecule has 25 heteroatoms. The molecule has 1 fully saturated rings. The van der Waals surface area contributed by atoms with Crippen molar-refractivity contribution < 1.29 is 71.7 Å². The van der Waals surface area contributed by atoms with Crippen molar-refractivity contribution in [1.29, 1.82) is 0 Å². The largest absolute Gasteiger partial charge is 0.458 e. The predicted molar refractivity (Wildman–Crippen MR) is 300 cm³/mol. The topological polar surface area (TPSA) is 329 Å². The summed E-state index contributed by atoms with van der Waals surface area (Å²) in [5, 5.41) is 27.4. The van der Waals surface area contributed by atoms with E-state index in [0.717, 1.165) is 28.7 Å². The fraction of sp³-hybridized carbons (Fsp3) is 0.279. The quantitative estimate of drug-likeness (QED) is 0.0233. The van der Waals surface area contributed by atoms with Crippen LogP contribution >= 0.6 is 0 Å². The molecule has 5 aliphatic rings. The molecule has 7 N–H and O–H groups in total. The number of carbonyl (C=O) groups excluding carboxylic acids is 10. The molecule has 440 valence electrons. The van der Waals surface area contributed by atoms with Crippen LogP contribution in [-0.2, 0) is 77.8 Å². The number of cyclic esters (lactones) is 1. The molecule has 11 rings (SSSR count). The summed E-state index contributed by atoms with van der Waals surface area (Å²) in [7, 11) is 0. The van der Waals surface area contributed by atoms with Gasteiger partial charge in [-0.1, -0.05) is 67.6 Å². The fourth-order valence-electron chi connectivity index (χ4n) is 11.5. The van der Waals surface area contributed by atoms with E-state index in [1.165, 1.54) is 22.8 Å². The van der Waals surface area contributed by atoms with Gasteiger partial charge in [0.2, 0.25) is 29.5 Å². The minimum Gasteiger partial charge on any atom is -0.458 e. The lowest BCUT2D eigenvalue weighted by molar-refractivity contribution is -0.172. The highest BCUT2D eigenvalue weighted by atomic mass is 19.1. The van der Waals surface area contributed by atoms with E-state index < -0.39 is 127 Å². The molecule has 1 saturated carbocycles. The number of anilines is 1. The number of fused-ring (bicyclic) bond motifs is 9. The SMILES string of the molecule is CC[C@@]1(O)C(=O)OCc2c1cc1n(c2=O)C2c3c-1nc1cc(F)c(C)cc1c3C1C[C@]12NC(=O)COCNC(=O)CNC(=O)[C@H](Cc1ccccc1)NC(=O)CNC(=O)CNC(=O)c1cc(C(=O)OCc2ccccc2)cc(N2C(=O)C=CC2=O)c1. The Morgan fingerprint density at radius 2 is 1.47 bits per heavy atom. The first kappa shape index (κ1) is 57.5. The summed E-state index contributed by atoms with van der Waals surface area (Å²) in [4.78, 5) is 151. The van der Waals surface area contributed by atoms with Crippen molar-refractivity contribution in [2.75, 3.05) is 37.9 Å². The normalized spacial score (nSPS) is 19.3. The number of nitrogens with one attached hydrogen (secondary N) is 6. The number of hydrogen-bond acceptors (Lipinski definition) is 16. The van der Waals surface area contributed by atoms with Gasteiger partial charge in [0.05, 0.1) is 64.9 Å². The Morgan fingerprint density at radius 3 is 2.19 bits per heavy atom. The van der Waals surface area contributed by atoms with E-state index in [-0.39, 0.29) is 59.9 Å². The number of pyridine rings is 2. The molecule has 4 aromatic carbocycles. The van der Waals surface area contributed by atoms with Gasteiger partial charge in [-0.2, -0.15) is 0 Å². The van der Waals surface area contributed by atoms with Crippen LogP contribution < -0.4 is 42.4 Å². The number of nitrogens with zero attached hydrogens (tertiary/aromatic N) is 3. The van der Waals surface area contributed by atoms with Crippen molar-refractivity contribution in [3.05, 3.63) is 175 Å². The van der Waals surface area contributed by atoms with Crippen molar-refractivity contribution in [1.82, 2.24) is 41.5 Å². The van der Waals surface area contributed by atoms with Crippen LogP contribution in [-0.4, -0.2) is 118 Å². The Labute approximate surface area is 487 Å². The summed E-state index contributed by atoms with van der Waals surface area (Å²) < 4.78 is 32.8. The minimum atomic E-state index is -2.10. The summed E-state index contributed by atoms with van der Waals surface area (Å²) in [6, 6.07) is 23.4. The Kier molecular flexibility index (Phi) is 15.4. The van der Waals surface area contributed by atoms with Gasteiger partial charge in [-0.25, -0.2) is 23.9 Å². The highest BCUT2D eigenvalue weighted by Crippen LogP contribution is 2.70. The third kappa shape index (κ3) is 10.8. The lowest BCUT2D eigenvalue weighted by atomic mass is 9.86. The molecule has 0 saturated heterocycles. The molecule has 86 heavy (non-hydrogen) atoms. The minimum absolute atomic E-state index is 0.0334. The van der Waals surface area contributed by atoms with Crippen molar-refractivity contribution in [3.8, 4) is 11.4 Å². The molecule has 24 nitrogen and oxygen atoms in total. The highest BCUT2D eigenvalue weighted by molar-refractivity contribution is 6.28. The molecular formula is C61H54FN9O15. The number of ether oxygens (including phenoxy) is 3. The first-order valence-electron chi connectivity index (χ1n) is 27.3. The van der Waals surface area contributed by atoms with Crippen LogP contribution in [0.1, 0.15) is 91.4 Å². The Morgan fingerprint density at radius 1 is 0.791 bits per heavy atom. The van der Waals surface area contributed by atoms with E-state index in [1.54, 1.807) is 86.6 Å². The van der Waals surface area contributed by atoms with E-state index in [4.69, 9.17) is 19.2 Å². The van der Waals surface area contributed by atoms with E-state index >= 15 is 4.39 Å². The predicted octanol–water partition coefficient (Wildman–Crippen LogP) is 1.69. The number of imide groups is 1. The Balaban J connectivity index is 0.675. The zero-order valence-electron chi connectivity index (χ0n) is 46.1. The molecule has 8 amide bonds. The number of aryl methyl sites for hydroxylation is 1. The highest BCUT2D eigenvalue weighted by Gasteiger charge is 2.70. The number of benzene rings is 4. The second-order valence-corrected chi connectivity index (χ2v) is 21.3. The molecule has 2 aliphatic carbocycles. The van der Waals surface area contributed by atoms with Crippen molar-refractivity contribution in [2.45, 2.75) is 75.5 Å². The van der Waals surface area contributed by atoms with Gasteiger partial charge in [-0.05, 0) is 72.4 Å². The summed E-state index contributed by atoms with van der Waals surface area (Å²) in [5.41, 5.74) is 0.110. The van der Waals surface area contributed by atoms with Gasteiger partial charge >= 0.3 is 11.9 Å².